The van der Waals surface area contributed by atoms with Gasteiger partial charge in [0.15, 0.2) is 0 Å². The molecular formula is C14H28O2Si. The van der Waals surface area contributed by atoms with E-state index in [1.807, 2.05) is 0 Å². The van der Waals surface area contributed by atoms with Crippen LogP contribution in [0.4, 0.5) is 0 Å². The third-order valence-electron chi connectivity index (χ3n) is 3.72. The summed E-state index contributed by atoms with van der Waals surface area (Å²) in [5.41, 5.74) is 3.77. The highest BCUT2D eigenvalue weighted by Gasteiger charge is 2.42. The number of hydrogen-bond acceptors (Lipinski definition) is 2. The van der Waals surface area contributed by atoms with E-state index in [1.54, 1.807) is 6.92 Å². The van der Waals surface area contributed by atoms with E-state index in [0.717, 1.165) is 0 Å². The molecule has 0 aromatic carbocycles. The van der Waals surface area contributed by atoms with E-state index >= 15 is 0 Å². The van der Waals surface area contributed by atoms with Gasteiger partial charge < -0.3 is 10.2 Å². The number of aliphatic hydroxyl groups excluding tert-OH is 1. The second kappa shape index (κ2) is 6.04. The van der Waals surface area contributed by atoms with Gasteiger partial charge in [-0.25, -0.2) is 0 Å². The number of aliphatic hydroxyl groups is 2. The van der Waals surface area contributed by atoms with Crippen molar-refractivity contribution in [1.82, 2.24) is 0 Å². The van der Waals surface area contributed by atoms with Crippen LogP contribution in [0.2, 0.25) is 16.6 Å². The molecule has 1 atom stereocenters. The first-order valence-corrected chi connectivity index (χ1v) is 8.71. The maximum Gasteiger partial charge on any atom is 0.146 e. The van der Waals surface area contributed by atoms with Gasteiger partial charge in [-0.2, -0.15) is 0 Å². The summed E-state index contributed by atoms with van der Waals surface area (Å²) in [4.78, 5) is 0. The Morgan fingerprint density at radius 1 is 1.00 bits per heavy atom. The third-order valence-corrected chi connectivity index (χ3v) is 10.0. The van der Waals surface area contributed by atoms with Gasteiger partial charge >= 0.3 is 0 Å². The van der Waals surface area contributed by atoms with E-state index in [4.69, 9.17) is 5.11 Å². The van der Waals surface area contributed by atoms with Crippen LogP contribution in [0.15, 0.2) is 0 Å². The van der Waals surface area contributed by atoms with Crippen LogP contribution in [0.1, 0.15) is 48.5 Å². The molecule has 0 bridgehead atoms. The van der Waals surface area contributed by atoms with Crippen molar-refractivity contribution in [2.75, 3.05) is 6.61 Å². The Morgan fingerprint density at radius 2 is 1.35 bits per heavy atom. The summed E-state index contributed by atoms with van der Waals surface area (Å²) in [5, 5.41) is 18.9. The van der Waals surface area contributed by atoms with Crippen molar-refractivity contribution in [3.05, 3.63) is 0 Å². The van der Waals surface area contributed by atoms with Crippen LogP contribution < -0.4 is 0 Å². The molecule has 3 heteroatoms. The van der Waals surface area contributed by atoms with Crippen LogP contribution in [-0.4, -0.2) is 30.5 Å². The lowest BCUT2D eigenvalue weighted by Crippen LogP contribution is -2.44. The van der Waals surface area contributed by atoms with Crippen LogP contribution in [0.25, 0.3) is 0 Å². The highest BCUT2D eigenvalue weighted by atomic mass is 28.3. The molecule has 0 aliphatic rings. The molecule has 0 spiro atoms. The monoisotopic (exact) mass is 256 g/mol. The Hall–Kier alpha value is -0.303. The average Bonchev–Trinajstić information content (AvgIpc) is 2.16. The van der Waals surface area contributed by atoms with Crippen LogP contribution in [0.3, 0.4) is 0 Å². The standard InChI is InChI=1S/C14H28O2Si/c1-11(2)17(12(3)4,13(5)6)9-8-14(7,16)10-15/h11-13,15-16H,10H2,1-7H3/t14-/m1/s1. The molecule has 0 saturated carbocycles. The fraction of sp³-hybridized carbons (Fsp3) is 0.857. The minimum Gasteiger partial charge on any atom is -0.392 e. The summed E-state index contributed by atoms with van der Waals surface area (Å²) >= 11 is 0. The summed E-state index contributed by atoms with van der Waals surface area (Å²) in [5.74, 6) is 2.91. The van der Waals surface area contributed by atoms with Crippen molar-refractivity contribution in [3.8, 4) is 11.5 Å². The van der Waals surface area contributed by atoms with Crippen LogP contribution in [-0.2, 0) is 0 Å². The topological polar surface area (TPSA) is 40.5 Å². The SMILES string of the molecule is CC(C)[Si](C#C[C@@](C)(O)CO)(C(C)C)C(C)C. The summed E-state index contributed by atoms with van der Waals surface area (Å²) in [6, 6.07) is 0. The second-order valence-electron chi connectivity index (χ2n) is 6.08. The number of rotatable bonds is 4. The quantitative estimate of drug-likeness (QED) is 0.600. The third kappa shape index (κ3) is 3.84. The molecular weight excluding hydrogens is 228 g/mol. The summed E-state index contributed by atoms with van der Waals surface area (Å²) in [7, 11) is -1.79. The van der Waals surface area contributed by atoms with Crippen molar-refractivity contribution < 1.29 is 10.2 Å². The zero-order valence-corrected chi connectivity index (χ0v) is 13.3. The molecule has 100 valence electrons. The van der Waals surface area contributed by atoms with Gasteiger partial charge in [0.2, 0.25) is 0 Å². The first kappa shape index (κ1) is 16.7. The summed E-state index contributed by atoms with van der Waals surface area (Å²) in [6.07, 6.45) is 0. The summed E-state index contributed by atoms with van der Waals surface area (Å²) in [6.45, 7) is 14.6. The molecule has 0 aliphatic heterocycles. The molecule has 0 saturated heterocycles. The van der Waals surface area contributed by atoms with Gasteiger partial charge in [0.05, 0.1) is 6.61 Å². The predicted molar refractivity (Wildman–Crippen MR) is 76.5 cm³/mol. The maximum atomic E-state index is 9.83. The minimum atomic E-state index is -1.79. The molecule has 0 rings (SSSR count). The minimum absolute atomic E-state index is 0.307. The van der Waals surface area contributed by atoms with E-state index < -0.39 is 13.7 Å². The number of hydrogen-bond donors (Lipinski definition) is 2. The van der Waals surface area contributed by atoms with Crippen molar-refractivity contribution >= 4 is 8.07 Å². The van der Waals surface area contributed by atoms with Gasteiger partial charge in [-0.15, -0.1) is 5.54 Å². The van der Waals surface area contributed by atoms with Gasteiger partial charge in [-0.05, 0) is 23.5 Å². The zero-order valence-electron chi connectivity index (χ0n) is 12.3. The van der Waals surface area contributed by atoms with Crippen LogP contribution >= 0.6 is 0 Å². The van der Waals surface area contributed by atoms with Crippen LogP contribution in [0.5, 0.6) is 0 Å². The molecule has 0 aliphatic carbocycles. The lowest BCUT2D eigenvalue weighted by molar-refractivity contribution is 0.0519. The molecule has 17 heavy (non-hydrogen) atoms. The molecule has 0 unspecified atom stereocenters. The maximum absolute atomic E-state index is 9.83. The lowest BCUT2D eigenvalue weighted by Gasteiger charge is -2.38. The Bertz CT molecular complexity index is 273. The van der Waals surface area contributed by atoms with Gasteiger partial charge in [-0.3, -0.25) is 0 Å². The smallest absolute Gasteiger partial charge is 0.146 e. The van der Waals surface area contributed by atoms with Crippen molar-refractivity contribution in [1.29, 1.82) is 0 Å². The zero-order chi connectivity index (χ0) is 13.9. The highest BCUT2D eigenvalue weighted by molar-refractivity contribution is 6.90. The van der Waals surface area contributed by atoms with E-state index in [0.29, 0.717) is 16.6 Å². The van der Waals surface area contributed by atoms with Gasteiger partial charge in [-0.1, -0.05) is 47.5 Å². The second-order valence-corrected chi connectivity index (χ2v) is 11.7. The molecule has 0 amide bonds. The van der Waals surface area contributed by atoms with E-state index in [2.05, 4.69) is 53.0 Å². The van der Waals surface area contributed by atoms with E-state index in [9.17, 15) is 5.11 Å². The highest BCUT2D eigenvalue weighted by Crippen LogP contribution is 2.40. The predicted octanol–water partition coefficient (Wildman–Crippen LogP) is 2.95. The fourth-order valence-corrected chi connectivity index (χ4v) is 8.07. The molecule has 0 radical (unpaired) electrons. The molecule has 2 nitrogen and oxygen atoms in total. The Morgan fingerprint density at radius 3 is 1.59 bits per heavy atom. The van der Waals surface area contributed by atoms with Gasteiger partial charge in [0.25, 0.3) is 0 Å². The van der Waals surface area contributed by atoms with Gasteiger partial charge in [0.1, 0.15) is 13.7 Å². The Labute approximate surface area is 107 Å². The van der Waals surface area contributed by atoms with Crippen LogP contribution in [0, 0.1) is 11.5 Å². The first-order chi connectivity index (χ1) is 7.60. The van der Waals surface area contributed by atoms with Gasteiger partial charge in [0, 0.05) is 0 Å². The molecule has 0 aromatic heterocycles. The summed E-state index contributed by atoms with van der Waals surface area (Å²) < 4.78 is 0. The fourth-order valence-electron chi connectivity index (χ4n) is 2.72. The normalized spacial score (nSPS) is 16.0. The van der Waals surface area contributed by atoms with Crippen molar-refractivity contribution in [2.45, 2.75) is 70.7 Å². The van der Waals surface area contributed by atoms with Crippen molar-refractivity contribution in [2.24, 2.45) is 0 Å². The van der Waals surface area contributed by atoms with E-state index in [-0.39, 0.29) is 6.61 Å². The molecule has 0 heterocycles. The van der Waals surface area contributed by atoms with E-state index in [1.165, 1.54) is 0 Å². The average molecular weight is 256 g/mol. The Balaban J connectivity index is 5.49. The molecule has 0 aromatic rings. The molecule has 0 fully saturated rings. The van der Waals surface area contributed by atoms with Crippen molar-refractivity contribution in [3.63, 3.8) is 0 Å². The first-order valence-electron chi connectivity index (χ1n) is 6.47. The Kier molecular flexibility index (Phi) is 5.93. The molecule has 2 N–H and O–H groups in total. The lowest BCUT2D eigenvalue weighted by atomic mass is 10.1. The largest absolute Gasteiger partial charge is 0.392 e.